The molecule has 0 unspecified atom stereocenters. The van der Waals surface area contributed by atoms with Gasteiger partial charge in [0.15, 0.2) is 11.5 Å². The summed E-state index contributed by atoms with van der Waals surface area (Å²) in [5.74, 6) is 3.51. The highest BCUT2D eigenvalue weighted by Crippen LogP contribution is 2.44. The van der Waals surface area contributed by atoms with Gasteiger partial charge in [-0.25, -0.2) is 0 Å². The molecule has 0 radical (unpaired) electrons. The van der Waals surface area contributed by atoms with Crippen molar-refractivity contribution in [2.75, 3.05) is 21.3 Å². The lowest BCUT2D eigenvalue weighted by Crippen LogP contribution is -2.15. The third-order valence-corrected chi connectivity index (χ3v) is 4.23. The second-order valence-corrected chi connectivity index (χ2v) is 5.33. The van der Waals surface area contributed by atoms with Gasteiger partial charge in [-0.3, -0.25) is 0 Å². The van der Waals surface area contributed by atoms with Crippen molar-refractivity contribution in [3.05, 3.63) is 17.7 Å². The minimum absolute atomic E-state index is 0.599. The number of benzene rings is 1. The van der Waals surface area contributed by atoms with Crippen LogP contribution >= 0.6 is 0 Å². The fourth-order valence-corrected chi connectivity index (χ4v) is 3.13. The van der Waals surface area contributed by atoms with E-state index in [2.05, 4.69) is 19.1 Å². The first-order chi connectivity index (χ1) is 9.21. The van der Waals surface area contributed by atoms with Gasteiger partial charge in [0.1, 0.15) is 0 Å². The molecule has 0 bridgehead atoms. The quantitative estimate of drug-likeness (QED) is 0.822. The molecule has 0 heterocycles. The summed E-state index contributed by atoms with van der Waals surface area (Å²) in [5.41, 5.74) is 1.31. The molecule has 19 heavy (non-hydrogen) atoms. The van der Waals surface area contributed by atoms with Crippen LogP contribution in [0.3, 0.4) is 0 Å². The van der Waals surface area contributed by atoms with Gasteiger partial charge in [-0.2, -0.15) is 0 Å². The summed E-state index contributed by atoms with van der Waals surface area (Å²) in [7, 11) is 4.99. The van der Waals surface area contributed by atoms with Crippen LogP contribution in [0.4, 0.5) is 0 Å². The molecule has 1 aromatic carbocycles. The molecular weight excluding hydrogens is 240 g/mol. The monoisotopic (exact) mass is 264 g/mol. The van der Waals surface area contributed by atoms with Crippen LogP contribution in [0.15, 0.2) is 12.1 Å². The molecule has 0 saturated heterocycles. The maximum atomic E-state index is 5.44. The van der Waals surface area contributed by atoms with Crippen LogP contribution < -0.4 is 14.2 Å². The molecule has 1 aliphatic rings. The first-order valence-electron chi connectivity index (χ1n) is 7.01. The third kappa shape index (κ3) is 2.80. The molecule has 1 aliphatic carbocycles. The largest absolute Gasteiger partial charge is 0.493 e. The fraction of sp³-hybridized carbons (Fsp3) is 0.625. The van der Waals surface area contributed by atoms with Gasteiger partial charge in [0.2, 0.25) is 5.75 Å². The second-order valence-electron chi connectivity index (χ2n) is 5.33. The molecular formula is C16H24O3. The van der Waals surface area contributed by atoms with Gasteiger partial charge < -0.3 is 14.2 Å². The molecule has 2 rings (SSSR count). The molecule has 0 amide bonds. The van der Waals surface area contributed by atoms with Crippen LogP contribution in [0.25, 0.3) is 0 Å². The fourth-order valence-electron chi connectivity index (χ4n) is 3.13. The van der Waals surface area contributed by atoms with Gasteiger partial charge in [-0.05, 0) is 36.0 Å². The third-order valence-electron chi connectivity index (χ3n) is 4.23. The summed E-state index contributed by atoms with van der Waals surface area (Å²) in [6, 6.07) is 4.21. The lowest BCUT2D eigenvalue weighted by Gasteiger charge is -2.30. The summed E-state index contributed by atoms with van der Waals surface area (Å²) < 4.78 is 16.3. The Kier molecular flexibility index (Phi) is 4.56. The van der Waals surface area contributed by atoms with E-state index in [1.165, 1.54) is 31.2 Å². The molecule has 1 saturated carbocycles. The van der Waals surface area contributed by atoms with Crippen molar-refractivity contribution in [3.8, 4) is 17.2 Å². The van der Waals surface area contributed by atoms with Gasteiger partial charge >= 0.3 is 0 Å². The van der Waals surface area contributed by atoms with E-state index in [1.807, 2.05) is 0 Å². The Bertz CT molecular complexity index is 403. The highest BCUT2D eigenvalue weighted by Gasteiger charge is 2.25. The van der Waals surface area contributed by atoms with E-state index >= 15 is 0 Å². The molecule has 1 fully saturated rings. The molecule has 0 aromatic heterocycles. The van der Waals surface area contributed by atoms with E-state index in [-0.39, 0.29) is 0 Å². The molecule has 0 N–H and O–H groups in total. The van der Waals surface area contributed by atoms with Crippen LogP contribution in [-0.4, -0.2) is 21.3 Å². The van der Waals surface area contributed by atoms with Crippen LogP contribution in [-0.2, 0) is 0 Å². The molecule has 3 nitrogen and oxygen atoms in total. The van der Waals surface area contributed by atoms with Crippen LogP contribution in [0, 0.1) is 5.92 Å². The lowest BCUT2D eigenvalue weighted by molar-refractivity contribution is 0.313. The van der Waals surface area contributed by atoms with E-state index in [1.54, 1.807) is 21.3 Å². The molecule has 0 spiro atoms. The zero-order chi connectivity index (χ0) is 13.8. The summed E-state index contributed by atoms with van der Waals surface area (Å²) in [5, 5.41) is 0. The molecule has 106 valence electrons. The predicted molar refractivity (Wildman–Crippen MR) is 76.5 cm³/mol. The Balaban J connectivity index is 2.40. The van der Waals surface area contributed by atoms with E-state index in [0.29, 0.717) is 11.7 Å². The van der Waals surface area contributed by atoms with Gasteiger partial charge in [0.05, 0.1) is 21.3 Å². The predicted octanol–water partition coefficient (Wildman–Crippen LogP) is 4.01. The van der Waals surface area contributed by atoms with Crippen molar-refractivity contribution >= 4 is 0 Å². The molecule has 1 aromatic rings. The number of hydrogen-bond donors (Lipinski definition) is 0. The maximum absolute atomic E-state index is 5.44. The second kappa shape index (κ2) is 6.18. The van der Waals surface area contributed by atoms with Crippen molar-refractivity contribution in [2.45, 2.75) is 38.5 Å². The average molecular weight is 264 g/mol. The minimum Gasteiger partial charge on any atom is -0.493 e. The first kappa shape index (κ1) is 14.0. The van der Waals surface area contributed by atoms with Crippen molar-refractivity contribution in [1.29, 1.82) is 0 Å². The van der Waals surface area contributed by atoms with Crippen molar-refractivity contribution in [3.63, 3.8) is 0 Å². The SMILES string of the molecule is COc1cc([C@@H]2CCCC[C@H]2C)cc(OC)c1OC. The summed E-state index contributed by atoms with van der Waals surface area (Å²) in [4.78, 5) is 0. The standard InChI is InChI=1S/C16H24O3/c1-11-7-5-6-8-13(11)12-9-14(17-2)16(19-4)15(10-12)18-3/h9-11,13H,5-8H2,1-4H3/t11-,13-/m1/s1. The number of ether oxygens (including phenoxy) is 3. The summed E-state index contributed by atoms with van der Waals surface area (Å²) in [6.07, 6.45) is 5.22. The smallest absolute Gasteiger partial charge is 0.203 e. The van der Waals surface area contributed by atoms with Crippen LogP contribution in [0.5, 0.6) is 17.2 Å². The van der Waals surface area contributed by atoms with E-state index in [9.17, 15) is 0 Å². The maximum Gasteiger partial charge on any atom is 0.203 e. The van der Waals surface area contributed by atoms with Gasteiger partial charge in [0, 0.05) is 0 Å². The topological polar surface area (TPSA) is 27.7 Å². The number of rotatable bonds is 4. The minimum atomic E-state index is 0.599. The Labute approximate surface area is 115 Å². The molecule has 3 heteroatoms. The first-order valence-corrected chi connectivity index (χ1v) is 7.01. The summed E-state index contributed by atoms with van der Waals surface area (Å²) >= 11 is 0. The van der Waals surface area contributed by atoms with Gasteiger partial charge in [-0.1, -0.05) is 26.2 Å². The van der Waals surface area contributed by atoms with Crippen molar-refractivity contribution in [2.24, 2.45) is 5.92 Å². The Hall–Kier alpha value is -1.38. The zero-order valence-corrected chi connectivity index (χ0v) is 12.4. The van der Waals surface area contributed by atoms with E-state index in [4.69, 9.17) is 14.2 Å². The normalized spacial score (nSPS) is 22.9. The number of hydrogen-bond acceptors (Lipinski definition) is 3. The van der Waals surface area contributed by atoms with Crippen molar-refractivity contribution in [1.82, 2.24) is 0 Å². The van der Waals surface area contributed by atoms with Gasteiger partial charge in [-0.15, -0.1) is 0 Å². The lowest BCUT2D eigenvalue weighted by atomic mass is 9.76. The Morgan fingerprint density at radius 3 is 1.95 bits per heavy atom. The Morgan fingerprint density at radius 2 is 1.47 bits per heavy atom. The number of methoxy groups -OCH3 is 3. The zero-order valence-electron chi connectivity index (χ0n) is 12.4. The van der Waals surface area contributed by atoms with Crippen LogP contribution in [0.2, 0.25) is 0 Å². The van der Waals surface area contributed by atoms with E-state index in [0.717, 1.165) is 17.4 Å². The Morgan fingerprint density at radius 1 is 0.895 bits per heavy atom. The van der Waals surface area contributed by atoms with E-state index < -0.39 is 0 Å². The van der Waals surface area contributed by atoms with Gasteiger partial charge in [0.25, 0.3) is 0 Å². The van der Waals surface area contributed by atoms with Crippen molar-refractivity contribution < 1.29 is 14.2 Å². The summed E-state index contributed by atoms with van der Waals surface area (Å²) in [6.45, 7) is 2.34. The molecule has 0 aliphatic heterocycles. The highest BCUT2D eigenvalue weighted by molar-refractivity contribution is 5.54. The average Bonchev–Trinajstić information content (AvgIpc) is 2.46. The van der Waals surface area contributed by atoms with Crippen LogP contribution in [0.1, 0.15) is 44.1 Å². The highest BCUT2D eigenvalue weighted by atomic mass is 16.5. The molecule has 2 atom stereocenters.